The molecule has 2 aliphatic rings. The van der Waals surface area contributed by atoms with E-state index in [2.05, 4.69) is 0 Å². The van der Waals surface area contributed by atoms with Crippen molar-refractivity contribution in [1.29, 1.82) is 0 Å². The molecule has 2 aliphatic heterocycles. The van der Waals surface area contributed by atoms with Crippen molar-refractivity contribution in [3.8, 4) is 0 Å². The fourth-order valence-electron chi connectivity index (χ4n) is 3.25. The van der Waals surface area contributed by atoms with Crippen molar-refractivity contribution >= 4 is 17.7 Å². The maximum absolute atomic E-state index is 13.6. The van der Waals surface area contributed by atoms with Gasteiger partial charge in [0.2, 0.25) is 17.7 Å². The molecule has 1 unspecified atom stereocenters. The molecule has 0 aliphatic carbocycles. The van der Waals surface area contributed by atoms with Gasteiger partial charge in [-0.25, -0.2) is 4.39 Å². The van der Waals surface area contributed by atoms with Gasteiger partial charge in [-0.05, 0) is 6.42 Å². The number of hydrogen-bond donors (Lipinski definition) is 1. The Hall–Kier alpha value is -1.70. The summed E-state index contributed by atoms with van der Waals surface area (Å²) in [6, 6.07) is -0.216. The molecule has 7 nitrogen and oxygen atoms in total. The number of alkyl halides is 1. The van der Waals surface area contributed by atoms with E-state index >= 15 is 0 Å². The van der Waals surface area contributed by atoms with Crippen LogP contribution < -0.4 is 5.73 Å². The highest BCUT2D eigenvalue weighted by Gasteiger charge is 2.37. The second-order valence-electron chi connectivity index (χ2n) is 6.28. The third-order valence-corrected chi connectivity index (χ3v) is 4.39. The molecule has 3 amide bonds. The van der Waals surface area contributed by atoms with Crippen LogP contribution in [0.2, 0.25) is 0 Å². The Morgan fingerprint density at radius 1 is 1.41 bits per heavy atom. The van der Waals surface area contributed by atoms with Gasteiger partial charge in [-0.15, -0.1) is 0 Å². The van der Waals surface area contributed by atoms with Crippen molar-refractivity contribution in [1.82, 2.24) is 14.7 Å². The molecular formula is C14H23FN4O3. The lowest BCUT2D eigenvalue weighted by atomic mass is 10.1. The highest BCUT2D eigenvalue weighted by Crippen LogP contribution is 2.23. The predicted molar refractivity (Wildman–Crippen MR) is 77.4 cm³/mol. The Morgan fingerprint density at radius 2 is 2.09 bits per heavy atom. The molecule has 0 radical (unpaired) electrons. The van der Waals surface area contributed by atoms with Crippen molar-refractivity contribution < 1.29 is 18.8 Å². The number of nitrogens with zero attached hydrogens (tertiary/aromatic N) is 3. The minimum absolute atomic E-state index is 0.00221. The van der Waals surface area contributed by atoms with Crippen molar-refractivity contribution in [2.75, 3.05) is 40.3 Å². The van der Waals surface area contributed by atoms with E-state index < -0.39 is 12.1 Å². The molecule has 0 saturated carbocycles. The monoisotopic (exact) mass is 314 g/mol. The number of primary amides is 1. The van der Waals surface area contributed by atoms with Crippen LogP contribution in [0.3, 0.4) is 0 Å². The SMILES string of the molecule is CN1CC(C(=O)N(C)C[C@@H]2C[C@H](F)CN2CC(N)=O)CC1=O. The minimum Gasteiger partial charge on any atom is -0.369 e. The first kappa shape index (κ1) is 16.7. The van der Waals surface area contributed by atoms with Gasteiger partial charge in [0, 0.05) is 46.2 Å². The van der Waals surface area contributed by atoms with E-state index in [4.69, 9.17) is 5.73 Å². The second-order valence-corrected chi connectivity index (χ2v) is 6.28. The van der Waals surface area contributed by atoms with Gasteiger partial charge in [-0.2, -0.15) is 0 Å². The van der Waals surface area contributed by atoms with E-state index in [0.29, 0.717) is 13.1 Å². The van der Waals surface area contributed by atoms with Crippen LogP contribution in [0.15, 0.2) is 0 Å². The summed E-state index contributed by atoms with van der Waals surface area (Å²) in [6.07, 6.45) is -0.498. The molecule has 124 valence electrons. The molecule has 2 N–H and O–H groups in total. The molecular weight excluding hydrogens is 291 g/mol. The van der Waals surface area contributed by atoms with Gasteiger partial charge in [-0.3, -0.25) is 19.3 Å². The van der Waals surface area contributed by atoms with E-state index in [1.54, 1.807) is 23.9 Å². The van der Waals surface area contributed by atoms with Crippen LogP contribution in [0.5, 0.6) is 0 Å². The van der Waals surface area contributed by atoms with E-state index in [-0.39, 0.29) is 49.7 Å². The smallest absolute Gasteiger partial charge is 0.231 e. The Morgan fingerprint density at radius 3 is 2.64 bits per heavy atom. The lowest BCUT2D eigenvalue weighted by Gasteiger charge is -2.28. The van der Waals surface area contributed by atoms with Crippen molar-refractivity contribution in [3.05, 3.63) is 0 Å². The second kappa shape index (κ2) is 6.60. The molecule has 0 aromatic heterocycles. The number of likely N-dealkylation sites (N-methyl/N-ethyl adjacent to an activating group) is 1. The van der Waals surface area contributed by atoms with E-state index in [1.807, 2.05) is 0 Å². The summed E-state index contributed by atoms with van der Waals surface area (Å²) in [5, 5.41) is 0. The molecule has 3 atom stereocenters. The number of nitrogens with two attached hydrogens (primary N) is 1. The quantitative estimate of drug-likeness (QED) is 0.692. The van der Waals surface area contributed by atoms with Gasteiger partial charge in [-0.1, -0.05) is 0 Å². The Bertz CT molecular complexity index is 473. The Balaban J connectivity index is 1.92. The summed E-state index contributed by atoms with van der Waals surface area (Å²) in [7, 11) is 3.33. The van der Waals surface area contributed by atoms with Gasteiger partial charge in [0.25, 0.3) is 0 Å². The molecule has 2 heterocycles. The Labute approximate surface area is 129 Å². The summed E-state index contributed by atoms with van der Waals surface area (Å²) >= 11 is 0. The van der Waals surface area contributed by atoms with Crippen LogP contribution in [0.1, 0.15) is 12.8 Å². The standard InChI is InChI=1S/C14H23FN4O3/c1-17-5-9(3-13(17)21)14(22)18(2)7-11-4-10(15)6-19(11)8-12(16)20/h9-11H,3-8H2,1-2H3,(H2,16,20)/t9?,10-,11-/m0/s1. The molecule has 0 aromatic carbocycles. The molecule has 2 saturated heterocycles. The molecule has 0 aromatic rings. The highest BCUT2D eigenvalue weighted by atomic mass is 19.1. The fraction of sp³-hybridized carbons (Fsp3) is 0.786. The molecule has 0 bridgehead atoms. The lowest BCUT2D eigenvalue weighted by molar-refractivity contribution is -0.135. The zero-order chi connectivity index (χ0) is 16.4. The van der Waals surface area contributed by atoms with Crippen LogP contribution >= 0.6 is 0 Å². The first-order chi connectivity index (χ1) is 10.3. The van der Waals surface area contributed by atoms with Gasteiger partial charge in [0.05, 0.1) is 12.5 Å². The van der Waals surface area contributed by atoms with E-state index in [1.165, 1.54) is 4.90 Å². The average Bonchev–Trinajstić information content (AvgIpc) is 2.92. The number of carbonyl (C=O) groups excluding carboxylic acids is 3. The summed E-state index contributed by atoms with van der Waals surface area (Å²) in [6.45, 7) is 0.919. The summed E-state index contributed by atoms with van der Waals surface area (Å²) in [5.41, 5.74) is 5.17. The first-order valence-corrected chi connectivity index (χ1v) is 7.43. The molecule has 8 heteroatoms. The number of likely N-dealkylation sites (tertiary alicyclic amines) is 2. The largest absolute Gasteiger partial charge is 0.369 e. The third kappa shape index (κ3) is 3.73. The highest BCUT2D eigenvalue weighted by molar-refractivity contribution is 5.89. The van der Waals surface area contributed by atoms with Crippen LogP contribution in [0, 0.1) is 5.92 Å². The van der Waals surface area contributed by atoms with Gasteiger partial charge >= 0.3 is 0 Å². The molecule has 2 rings (SSSR count). The van der Waals surface area contributed by atoms with Crippen LogP contribution in [0.4, 0.5) is 4.39 Å². The predicted octanol–water partition coefficient (Wildman–Crippen LogP) is -1.18. The number of amides is 3. The van der Waals surface area contributed by atoms with E-state index in [9.17, 15) is 18.8 Å². The normalized spacial score (nSPS) is 29.1. The minimum atomic E-state index is -1.01. The van der Waals surface area contributed by atoms with Crippen LogP contribution in [-0.4, -0.2) is 84.9 Å². The average molecular weight is 314 g/mol. The molecule has 22 heavy (non-hydrogen) atoms. The van der Waals surface area contributed by atoms with E-state index in [0.717, 1.165) is 0 Å². The summed E-state index contributed by atoms with van der Waals surface area (Å²) < 4.78 is 13.6. The summed E-state index contributed by atoms with van der Waals surface area (Å²) in [4.78, 5) is 39.7. The van der Waals surface area contributed by atoms with Gasteiger partial charge < -0.3 is 15.5 Å². The van der Waals surface area contributed by atoms with Crippen molar-refractivity contribution in [2.45, 2.75) is 25.1 Å². The van der Waals surface area contributed by atoms with Gasteiger partial charge in [0.1, 0.15) is 6.17 Å². The molecule has 0 spiro atoms. The number of carbonyl (C=O) groups is 3. The van der Waals surface area contributed by atoms with Crippen LogP contribution in [-0.2, 0) is 14.4 Å². The van der Waals surface area contributed by atoms with Crippen molar-refractivity contribution in [2.24, 2.45) is 11.7 Å². The Kier molecular flexibility index (Phi) is 5.00. The summed E-state index contributed by atoms with van der Waals surface area (Å²) in [5.74, 6) is -0.989. The van der Waals surface area contributed by atoms with Crippen LogP contribution in [0.25, 0.3) is 0 Å². The van der Waals surface area contributed by atoms with Crippen molar-refractivity contribution in [3.63, 3.8) is 0 Å². The fourth-order valence-corrected chi connectivity index (χ4v) is 3.25. The lowest BCUT2D eigenvalue weighted by Crippen LogP contribution is -2.45. The topological polar surface area (TPSA) is 86.9 Å². The number of halogens is 1. The maximum Gasteiger partial charge on any atom is 0.231 e. The number of hydrogen-bond acceptors (Lipinski definition) is 4. The zero-order valence-corrected chi connectivity index (χ0v) is 13.0. The zero-order valence-electron chi connectivity index (χ0n) is 13.0. The third-order valence-electron chi connectivity index (χ3n) is 4.39. The number of rotatable bonds is 5. The maximum atomic E-state index is 13.6. The van der Waals surface area contributed by atoms with Gasteiger partial charge in [0.15, 0.2) is 0 Å². The molecule has 2 fully saturated rings. The first-order valence-electron chi connectivity index (χ1n) is 7.43.